The van der Waals surface area contributed by atoms with Crippen molar-refractivity contribution >= 4 is 16.0 Å². The number of ether oxygens (including phenoxy) is 1. The smallest absolute Gasteiger partial charge is 0.352 e. The van der Waals surface area contributed by atoms with E-state index in [1.54, 1.807) is 6.92 Å². The summed E-state index contributed by atoms with van der Waals surface area (Å²) in [4.78, 5) is 11.1. The molecule has 2 heterocycles. The molecule has 8 heteroatoms. The molecule has 0 aromatic carbocycles. The van der Waals surface area contributed by atoms with Gasteiger partial charge in [-0.25, -0.2) is 17.9 Å². The van der Waals surface area contributed by atoms with Gasteiger partial charge in [0.25, 0.3) is 0 Å². The summed E-state index contributed by atoms with van der Waals surface area (Å²) in [5.41, 5.74) is -0.0241. The molecule has 1 aliphatic heterocycles. The van der Waals surface area contributed by atoms with E-state index in [4.69, 9.17) is 9.84 Å². The molecule has 0 unspecified atom stereocenters. The first-order valence-electron chi connectivity index (χ1n) is 6.95. The summed E-state index contributed by atoms with van der Waals surface area (Å²) in [6.45, 7) is 3.82. The minimum absolute atomic E-state index is 0.00573. The number of carboxylic acids is 1. The molecule has 1 fully saturated rings. The van der Waals surface area contributed by atoms with Gasteiger partial charge < -0.3 is 14.4 Å². The summed E-state index contributed by atoms with van der Waals surface area (Å²) in [7, 11) is -3.68. The third kappa shape index (κ3) is 3.84. The molecule has 0 bridgehead atoms. The van der Waals surface area contributed by atoms with E-state index in [1.807, 2.05) is 0 Å². The second-order valence-corrected chi connectivity index (χ2v) is 6.83. The highest BCUT2D eigenvalue weighted by atomic mass is 32.2. The molecule has 7 nitrogen and oxygen atoms in total. The van der Waals surface area contributed by atoms with Crippen molar-refractivity contribution in [1.82, 2.24) is 9.29 Å². The first kappa shape index (κ1) is 16.0. The molecule has 0 amide bonds. The van der Waals surface area contributed by atoms with Gasteiger partial charge in [0.15, 0.2) is 0 Å². The number of aromatic nitrogens is 1. The zero-order valence-corrected chi connectivity index (χ0v) is 12.7. The van der Waals surface area contributed by atoms with Crippen LogP contribution in [-0.2, 0) is 21.3 Å². The van der Waals surface area contributed by atoms with Gasteiger partial charge in [-0.15, -0.1) is 0 Å². The Morgan fingerprint density at radius 2 is 2.14 bits per heavy atom. The first-order chi connectivity index (χ1) is 9.94. The van der Waals surface area contributed by atoms with Crippen LogP contribution in [0.2, 0.25) is 0 Å². The van der Waals surface area contributed by atoms with Crippen molar-refractivity contribution in [1.29, 1.82) is 0 Å². The van der Waals surface area contributed by atoms with Crippen LogP contribution in [-0.4, -0.2) is 43.8 Å². The normalized spacial score (nSPS) is 17.0. The average molecular weight is 316 g/mol. The average Bonchev–Trinajstić information content (AvgIpc) is 2.92. The minimum Gasteiger partial charge on any atom is -0.477 e. The molecular formula is C13H20N2O5S. The fourth-order valence-electron chi connectivity index (χ4n) is 2.33. The van der Waals surface area contributed by atoms with E-state index in [-0.39, 0.29) is 16.5 Å². The van der Waals surface area contributed by atoms with Crippen molar-refractivity contribution in [2.45, 2.75) is 31.2 Å². The highest BCUT2D eigenvalue weighted by Crippen LogP contribution is 2.17. The van der Waals surface area contributed by atoms with Crippen LogP contribution in [0.3, 0.4) is 0 Å². The lowest BCUT2D eigenvalue weighted by Gasteiger charge is -2.21. The monoisotopic (exact) mass is 316 g/mol. The van der Waals surface area contributed by atoms with E-state index in [2.05, 4.69) is 4.72 Å². The van der Waals surface area contributed by atoms with Crippen molar-refractivity contribution in [2.75, 3.05) is 19.8 Å². The fraction of sp³-hybridized carbons (Fsp3) is 0.615. The number of hydrogen-bond acceptors (Lipinski definition) is 4. The predicted octanol–water partition coefficient (Wildman–Crippen LogP) is 0.911. The second kappa shape index (κ2) is 6.59. The standard InChI is InChI=1S/C13H20N2O5S/c1-2-15-9-11(7-12(15)13(16)17)21(18,19)14-8-10-3-5-20-6-4-10/h7,9-10,14H,2-6,8H2,1H3,(H,16,17). The summed E-state index contributed by atoms with van der Waals surface area (Å²) >= 11 is 0. The van der Waals surface area contributed by atoms with E-state index in [0.29, 0.717) is 26.3 Å². The molecule has 0 spiro atoms. The molecule has 2 N–H and O–H groups in total. The lowest BCUT2D eigenvalue weighted by molar-refractivity contribution is 0.0677. The number of carboxylic acid groups (broad SMARTS) is 1. The number of carbonyl (C=O) groups is 1. The third-order valence-electron chi connectivity index (χ3n) is 3.64. The summed E-state index contributed by atoms with van der Waals surface area (Å²) < 4.78 is 33.7. The molecule has 0 atom stereocenters. The largest absolute Gasteiger partial charge is 0.477 e. The van der Waals surface area contributed by atoms with Gasteiger partial charge in [-0.3, -0.25) is 0 Å². The van der Waals surface area contributed by atoms with Gasteiger partial charge in [0.2, 0.25) is 10.0 Å². The Morgan fingerprint density at radius 1 is 1.48 bits per heavy atom. The zero-order valence-electron chi connectivity index (χ0n) is 11.9. The molecule has 0 aliphatic carbocycles. The van der Waals surface area contributed by atoms with Crippen molar-refractivity contribution < 1.29 is 23.1 Å². The molecule has 2 rings (SSSR count). The Labute approximate surface area is 124 Å². The van der Waals surface area contributed by atoms with Crippen molar-refractivity contribution in [3.05, 3.63) is 18.0 Å². The molecule has 0 radical (unpaired) electrons. The van der Waals surface area contributed by atoms with E-state index < -0.39 is 16.0 Å². The summed E-state index contributed by atoms with van der Waals surface area (Å²) in [6, 6.07) is 1.19. The topological polar surface area (TPSA) is 97.6 Å². The number of sulfonamides is 1. The lowest BCUT2D eigenvalue weighted by atomic mass is 10.0. The molecule has 1 aromatic rings. The molecule has 1 saturated heterocycles. The van der Waals surface area contributed by atoms with Crippen molar-refractivity contribution in [3.8, 4) is 0 Å². The van der Waals surface area contributed by atoms with Crippen LogP contribution in [0.5, 0.6) is 0 Å². The van der Waals surface area contributed by atoms with Crippen LogP contribution in [0.1, 0.15) is 30.3 Å². The number of aromatic carboxylic acids is 1. The predicted molar refractivity (Wildman–Crippen MR) is 75.8 cm³/mol. The van der Waals surface area contributed by atoms with Gasteiger partial charge in [0.1, 0.15) is 10.6 Å². The summed E-state index contributed by atoms with van der Waals surface area (Å²) in [6.07, 6.45) is 3.02. The van der Waals surface area contributed by atoms with E-state index >= 15 is 0 Å². The Bertz CT molecular complexity index is 602. The van der Waals surface area contributed by atoms with Crippen LogP contribution in [0.4, 0.5) is 0 Å². The molecule has 0 saturated carbocycles. The number of nitrogens with one attached hydrogen (secondary N) is 1. The van der Waals surface area contributed by atoms with Gasteiger partial charge in [-0.05, 0) is 31.7 Å². The van der Waals surface area contributed by atoms with Crippen LogP contribution >= 0.6 is 0 Å². The molecule has 118 valence electrons. The lowest BCUT2D eigenvalue weighted by Crippen LogP contribution is -2.32. The van der Waals surface area contributed by atoms with Crippen LogP contribution in [0, 0.1) is 5.92 Å². The SMILES string of the molecule is CCn1cc(S(=O)(=O)NCC2CCOCC2)cc1C(=O)O. The third-order valence-corrected chi connectivity index (χ3v) is 5.04. The molecule has 1 aliphatic rings. The number of nitrogens with zero attached hydrogens (tertiary/aromatic N) is 1. The quantitative estimate of drug-likeness (QED) is 0.813. The zero-order chi connectivity index (χ0) is 15.5. The van der Waals surface area contributed by atoms with E-state index in [0.717, 1.165) is 12.8 Å². The highest BCUT2D eigenvalue weighted by molar-refractivity contribution is 7.89. The van der Waals surface area contributed by atoms with Crippen LogP contribution in [0.15, 0.2) is 17.2 Å². The maximum atomic E-state index is 12.2. The summed E-state index contributed by atoms with van der Waals surface area (Å²) in [5, 5.41) is 9.06. The van der Waals surface area contributed by atoms with Gasteiger partial charge in [-0.2, -0.15) is 0 Å². The fourth-order valence-corrected chi connectivity index (χ4v) is 3.49. The molecule has 21 heavy (non-hydrogen) atoms. The van der Waals surface area contributed by atoms with Gasteiger partial charge in [0.05, 0.1) is 0 Å². The minimum atomic E-state index is -3.68. The van der Waals surface area contributed by atoms with E-state index in [9.17, 15) is 13.2 Å². The second-order valence-electron chi connectivity index (χ2n) is 5.06. The number of hydrogen-bond donors (Lipinski definition) is 2. The Balaban J connectivity index is 2.09. The van der Waals surface area contributed by atoms with Crippen molar-refractivity contribution in [2.24, 2.45) is 5.92 Å². The summed E-state index contributed by atoms with van der Waals surface area (Å²) in [5.74, 6) is -0.872. The van der Waals surface area contributed by atoms with Crippen molar-refractivity contribution in [3.63, 3.8) is 0 Å². The maximum Gasteiger partial charge on any atom is 0.352 e. The van der Waals surface area contributed by atoms with Gasteiger partial charge in [0, 0.05) is 32.5 Å². The number of aryl methyl sites for hydroxylation is 1. The van der Waals surface area contributed by atoms with E-state index in [1.165, 1.54) is 16.8 Å². The van der Waals surface area contributed by atoms with Crippen LogP contribution in [0.25, 0.3) is 0 Å². The Hall–Kier alpha value is -1.38. The molecular weight excluding hydrogens is 296 g/mol. The maximum absolute atomic E-state index is 12.2. The molecule has 1 aromatic heterocycles. The first-order valence-corrected chi connectivity index (χ1v) is 8.43. The van der Waals surface area contributed by atoms with Gasteiger partial charge in [-0.1, -0.05) is 0 Å². The Morgan fingerprint density at radius 3 is 2.67 bits per heavy atom. The van der Waals surface area contributed by atoms with Gasteiger partial charge >= 0.3 is 5.97 Å². The highest BCUT2D eigenvalue weighted by Gasteiger charge is 2.22. The number of rotatable bonds is 6. The van der Waals surface area contributed by atoms with Crippen LogP contribution < -0.4 is 4.72 Å². The Kier molecular flexibility index (Phi) is 5.02.